The first-order chi connectivity index (χ1) is 10.1. The molecule has 0 spiro atoms. The Hall–Kier alpha value is -1.68. The van der Waals surface area contributed by atoms with E-state index in [2.05, 4.69) is 15.9 Å². The molecule has 1 aliphatic rings. The number of benzene rings is 2. The Morgan fingerprint density at radius 2 is 2.05 bits per heavy atom. The van der Waals surface area contributed by atoms with E-state index in [9.17, 15) is 9.18 Å². The Balaban J connectivity index is 1.99. The molecule has 0 fully saturated rings. The smallest absolute Gasteiger partial charge is 0.234 e. The summed E-state index contributed by atoms with van der Waals surface area (Å²) in [7, 11) is 0. The molecule has 0 unspecified atom stereocenters. The maximum absolute atomic E-state index is 13.3. The lowest BCUT2D eigenvalue weighted by molar-refractivity contribution is -0.119. The molecule has 3 rings (SSSR count). The first kappa shape index (κ1) is 14.3. The number of fused-ring (bicyclic) bond motifs is 1. The number of carbonyl (C=O) groups excluding carboxylic acids is 1. The quantitative estimate of drug-likeness (QED) is 0.811. The van der Waals surface area contributed by atoms with Gasteiger partial charge in [0.1, 0.15) is 5.82 Å². The van der Waals surface area contributed by atoms with E-state index < -0.39 is 0 Å². The number of anilines is 1. The molecular formula is C17H15BrFNO. The minimum atomic E-state index is -0.264. The third-order valence-corrected chi connectivity index (χ3v) is 4.36. The molecular weight excluding hydrogens is 333 g/mol. The zero-order valence-corrected chi connectivity index (χ0v) is 13.2. The zero-order valence-electron chi connectivity index (χ0n) is 11.6. The fraction of sp³-hybridized carbons (Fsp3) is 0.235. The number of amides is 1. The SMILES string of the molecule is CCN1C(=O)[C@@H](Cc2cccc(F)c2)c2cc(Br)ccc21. The molecule has 0 bridgehead atoms. The molecule has 21 heavy (non-hydrogen) atoms. The molecule has 0 saturated carbocycles. The van der Waals surface area contributed by atoms with Gasteiger partial charge in [-0.3, -0.25) is 4.79 Å². The van der Waals surface area contributed by atoms with E-state index in [0.29, 0.717) is 13.0 Å². The van der Waals surface area contributed by atoms with Gasteiger partial charge in [-0.15, -0.1) is 0 Å². The van der Waals surface area contributed by atoms with Gasteiger partial charge in [0.25, 0.3) is 0 Å². The van der Waals surface area contributed by atoms with E-state index >= 15 is 0 Å². The molecule has 108 valence electrons. The van der Waals surface area contributed by atoms with Crippen LogP contribution in [0.2, 0.25) is 0 Å². The highest BCUT2D eigenvalue weighted by atomic mass is 79.9. The van der Waals surface area contributed by atoms with Crippen LogP contribution in [0.3, 0.4) is 0 Å². The summed E-state index contributed by atoms with van der Waals surface area (Å²) >= 11 is 3.46. The van der Waals surface area contributed by atoms with Gasteiger partial charge in [-0.1, -0.05) is 28.1 Å². The van der Waals surface area contributed by atoms with Crippen LogP contribution in [-0.2, 0) is 11.2 Å². The van der Waals surface area contributed by atoms with Crippen LogP contribution in [0, 0.1) is 5.82 Å². The summed E-state index contributed by atoms with van der Waals surface area (Å²) in [4.78, 5) is 14.4. The van der Waals surface area contributed by atoms with Gasteiger partial charge in [0, 0.05) is 16.7 Å². The van der Waals surface area contributed by atoms with Crippen LogP contribution in [0.25, 0.3) is 0 Å². The molecule has 1 atom stereocenters. The van der Waals surface area contributed by atoms with Crippen molar-refractivity contribution >= 4 is 27.5 Å². The molecule has 1 aliphatic heterocycles. The number of halogens is 2. The van der Waals surface area contributed by atoms with Crippen molar-refractivity contribution in [2.45, 2.75) is 19.3 Å². The van der Waals surface area contributed by atoms with Crippen molar-refractivity contribution < 1.29 is 9.18 Å². The van der Waals surface area contributed by atoms with E-state index in [4.69, 9.17) is 0 Å². The number of nitrogens with zero attached hydrogens (tertiary/aromatic N) is 1. The Labute approximate surface area is 131 Å². The van der Waals surface area contributed by atoms with Gasteiger partial charge in [0.05, 0.1) is 5.92 Å². The van der Waals surface area contributed by atoms with Gasteiger partial charge in [-0.05, 0) is 54.8 Å². The monoisotopic (exact) mass is 347 g/mol. The maximum Gasteiger partial charge on any atom is 0.234 e. The van der Waals surface area contributed by atoms with Crippen LogP contribution in [-0.4, -0.2) is 12.5 Å². The van der Waals surface area contributed by atoms with Crippen molar-refractivity contribution in [2.75, 3.05) is 11.4 Å². The average molecular weight is 348 g/mol. The number of hydrogen-bond donors (Lipinski definition) is 0. The van der Waals surface area contributed by atoms with Gasteiger partial charge in [-0.2, -0.15) is 0 Å². The highest BCUT2D eigenvalue weighted by Gasteiger charge is 2.36. The first-order valence-electron chi connectivity index (χ1n) is 6.95. The van der Waals surface area contributed by atoms with E-state index in [-0.39, 0.29) is 17.6 Å². The molecule has 0 N–H and O–H groups in total. The molecule has 0 saturated heterocycles. The Bertz CT molecular complexity index is 701. The summed E-state index contributed by atoms with van der Waals surface area (Å²) in [6.07, 6.45) is 0.524. The van der Waals surface area contributed by atoms with Crippen LogP contribution in [0.1, 0.15) is 24.0 Å². The second-order valence-corrected chi connectivity index (χ2v) is 6.09. The summed E-state index contributed by atoms with van der Waals surface area (Å²) in [5.41, 5.74) is 2.82. The first-order valence-corrected chi connectivity index (χ1v) is 7.74. The molecule has 0 radical (unpaired) electrons. The number of likely N-dealkylation sites (N-methyl/N-ethyl adjacent to an activating group) is 1. The highest BCUT2D eigenvalue weighted by Crippen LogP contribution is 2.40. The lowest BCUT2D eigenvalue weighted by Crippen LogP contribution is -2.29. The van der Waals surface area contributed by atoms with Crippen LogP contribution in [0.15, 0.2) is 46.9 Å². The second-order valence-electron chi connectivity index (χ2n) is 5.17. The number of hydrogen-bond acceptors (Lipinski definition) is 1. The third-order valence-electron chi connectivity index (χ3n) is 3.86. The highest BCUT2D eigenvalue weighted by molar-refractivity contribution is 9.10. The van der Waals surface area contributed by atoms with E-state index in [1.54, 1.807) is 11.0 Å². The van der Waals surface area contributed by atoms with Crippen molar-refractivity contribution in [3.63, 3.8) is 0 Å². The topological polar surface area (TPSA) is 20.3 Å². The normalized spacial score (nSPS) is 17.2. The Morgan fingerprint density at radius 3 is 2.76 bits per heavy atom. The zero-order chi connectivity index (χ0) is 15.0. The largest absolute Gasteiger partial charge is 0.312 e. The van der Waals surface area contributed by atoms with Crippen molar-refractivity contribution in [1.29, 1.82) is 0 Å². The van der Waals surface area contributed by atoms with Crippen LogP contribution < -0.4 is 4.90 Å². The lowest BCUT2D eigenvalue weighted by atomic mass is 9.93. The third kappa shape index (κ3) is 2.60. The van der Waals surface area contributed by atoms with Gasteiger partial charge >= 0.3 is 0 Å². The summed E-state index contributed by atoms with van der Waals surface area (Å²) in [5.74, 6) is -0.408. The number of carbonyl (C=O) groups is 1. The summed E-state index contributed by atoms with van der Waals surface area (Å²) in [6.45, 7) is 2.61. The standard InChI is InChI=1S/C17H15BrFNO/c1-2-20-16-7-6-12(18)10-14(16)15(17(20)21)9-11-4-3-5-13(19)8-11/h3-8,10,15H,2,9H2,1H3/t15-/m0/s1. The van der Waals surface area contributed by atoms with Crippen LogP contribution >= 0.6 is 15.9 Å². The Morgan fingerprint density at radius 1 is 1.24 bits per heavy atom. The summed E-state index contributed by atoms with van der Waals surface area (Å²) in [6, 6.07) is 12.4. The lowest BCUT2D eigenvalue weighted by Gasteiger charge is -2.15. The Kier molecular flexibility index (Phi) is 3.81. The summed E-state index contributed by atoms with van der Waals surface area (Å²) in [5, 5.41) is 0. The average Bonchev–Trinajstić information content (AvgIpc) is 2.71. The molecule has 2 aromatic rings. The molecule has 4 heteroatoms. The van der Waals surface area contributed by atoms with Crippen molar-refractivity contribution in [3.05, 3.63) is 63.9 Å². The van der Waals surface area contributed by atoms with E-state index in [0.717, 1.165) is 21.3 Å². The van der Waals surface area contributed by atoms with Crippen LogP contribution in [0.5, 0.6) is 0 Å². The fourth-order valence-corrected chi connectivity index (χ4v) is 3.29. The fourth-order valence-electron chi connectivity index (χ4n) is 2.91. The van der Waals surface area contributed by atoms with Gasteiger partial charge in [0.15, 0.2) is 0 Å². The minimum absolute atomic E-state index is 0.0925. The van der Waals surface area contributed by atoms with E-state index in [1.165, 1.54) is 12.1 Å². The van der Waals surface area contributed by atoms with Gasteiger partial charge in [0.2, 0.25) is 5.91 Å². The van der Waals surface area contributed by atoms with Gasteiger partial charge < -0.3 is 4.90 Å². The predicted octanol–water partition coefficient (Wildman–Crippen LogP) is 4.28. The van der Waals surface area contributed by atoms with Crippen molar-refractivity contribution in [1.82, 2.24) is 0 Å². The molecule has 2 aromatic carbocycles. The van der Waals surface area contributed by atoms with E-state index in [1.807, 2.05) is 31.2 Å². The van der Waals surface area contributed by atoms with Crippen molar-refractivity contribution in [2.24, 2.45) is 0 Å². The van der Waals surface area contributed by atoms with Crippen molar-refractivity contribution in [3.8, 4) is 0 Å². The number of rotatable bonds is 3. The van der Waals surface area contributed by atoms with Gasteiger partial charge in [-0.25, -0.2) is 4.39 Å². The molecule has 2 nitrogen and oxygen atoms in total. The predicted molar refractivity (Wildman–Crippen MR) is 85.0 cm³/mol. The molecule has 0 aromatic heterocycles. The molecule has 1 amide bonds. The second kappa shape index (κ2) is 5.60. The summed E-state index contributed by atoms with van der Waals surface area (Å²) < 4.78 is 14.3. The molecule has 1 heterocycles. The van der Waals surface area contributed by atoms with Crippen LogP contribution in [0.4, 0.5) is 10.1 Å². The molecule has 0 aliphatic carbocycles. The minimum Gasteiger partial charge on any atom is -0.312 e. The maximum atomic E-state index is 13.3.